The lowest BCUT2D eigenvalue weighted by atomic mass is 10.1. The highest BCUT2D eigenvalue weighted by Gasteiger charge is 2.17. The van der Waals surface area contributed by atoms with Crippen LogP contribution in [0.3, 0.4) is 0 Å². The molecule has 0 aliphatic rings. The molecule has 0 fully saturated rings. The minimum Gasteiger partial charge on any atom is -0.456 e. The maximum atomic E-state index is 11.8. The topological polar surface area (TPSA) is 69.4 Å². The minimum atomic E-state index is -0.532. The molecule has 1 aromatic carbocycles. The summed E-state index contributed by atoms with van der Waals surface area (Å²) in [5, 5.41) is 0. The average Bonchev–Trinajstić information content (AvgIpc) is 2.24. The summed E-state index contributed by atoms with van der Waals surface area (Å²) in [7, 11) is 0. The highest BCUT2D eigenvalue weighted by Crippen LogP contribution is 2.14. The maximum Gasteiger partial charge on any atom is 0.338 e. The first-order chi connectivity index (χ1) is 8.28. The van der Waals surface area contributed by atoms with Crippen molar-refractivity contribution >= 4 is 18.0 Å². The third kappa shape index (κ3) is 4.82. The van der Waals surface area contributed by atoms with E-state index in [0.717, 1.165) is 5.56 Å². The Kier molecular flexibility index (Phi) is 4.26. The molecular weight excluding hydrogens is 230 g/mol. The van der Waals surface area contributed by atoms with Gasteiger partial charge in [0.05, 0.1) is 5.56 Å². The van der Waals surface area contributed by atoms with Crippen molar-refractivity contribution in [2.24, 2.45) is 5.73 Å². The van der Waals surface area contributed by atoms with Crippen LogP contribution in [0.4, 0.5) is 0 Å². The van der Waals surface area contributed by atoms with Gasteiger partial charge in [-0.3, -0.25) is 4.79 Å². The molecule has 2 N–H and O–H groups in total. The highest BCUT2D eigenvalue weighted by atomic mass is 16.6. The first kappa shape index (κ1) is 14.0. The van der Waals surface area contributed by atoms with Gasteiger partial charge in [-0.2, -0.15) is 0 Å². The van der Waals surface area contributed by atoms with Crippen LogP contribution in [-0.4, -0.2) is 17.5 Å². The van der Waals surface area contributed by atoms with Gasteiger partial charge in [-0.1, -0.05) is 12.1 Å². The number of rotatable bonds is 3. The molecule has 0 aliphatic heterocycles. The van der Waals surface area contributed by atoms with Gasteiger partial charge in [-0.25, -0.2) is 4.79 Å². The molecule has 1 amide bonds. The number of amides is 1. The van der Waals surface area contributed by atoms with Crippen molar-refractivity contribution in [3.8, 4) is 0 Å². The number of nitrogens with two attached hydrogens (primary N) is 1. The van der Waals surface area contributed by atoms with Gasteiger partial charge in [0.15, 0.2) is 0 Å². The largest absolute Gasteiger partial charge is 0.456 e. The van der Waals surface area contributed by atoms with E-state index in [-0.39, 0.29) is 0 Å². The molecule has 4 nitrogen and oxygen atoms in total. The molecule has 0 radical (unpaired) electrons. The minimum absolute atomic E-state index is 0.392. The molecule has 0 atom stereocenters. The second kappa shape index (κ2) is 5.49. The Balaban J connectivity index is 2.88. The molecule has 0 aliphatic carbocycles. The summed E-state index contributed by atoms with van der Waals surface area (Å²) in [4.78, 5) is 22.4. The molecule has 0 heterocycles. The first-order valence-corrected chi connectivity index (χ1v) is 5.59. The first-order valence-electron chi connectivity index (χ1n) is 5.59. The number of hydrogen-bond acceptors (Lipinski definition) is 3. The second-order valence-electron chi connectivity index (χ2n) is 4.86. The van der Waals surface area contributed by atoms with Gasteiger partial charge in [0.2, 0.25) is 5.91 Å². The van der Waals surface area contributed by atoms with E-state index in [1.807, 2.05) is 20.8 Å². The van der Waals surface area contributed by atoms with Crippen molar-refractivity contribution in [2.45, 2.75) is 26.4 Å². The lowest BCUT2D eigenvalue weighted by Crippen LogP contribution is -2.23. The molecule has 4 heteroatoms. The Morgan fingerprint density at radius 1 is 1.28 bits per heavy atom. The lowest BCUT2D eigenvalue weighted by Gasteiger charge is -2.19. The Labute approximate surface area is 106 Å². The van der Waals surface area contributed by atoms with E-state index >= 15 is 0 Å². The molecular formula is C14H17NO3. The molecule has 1 rings (SSSR count). The van der Waals surface area contributed by atoms with Crippen LogP contribution in [0, 0.1) is 0 Å². The van der Waals surface area contributed by atoms with Gasteiger partial charge in [-0.15, -0.1) is 0 Å². The van der Waals surface area contributed by atoms with Crippen LogP contribution >= 0.6 is 0 Å². The van der Waals surface area contributed by atoms with Crippen molar-refractivity contribution in [1.29, 1.82) is 0 Å². The zero-order valence-electron chi connectivity index (χ0n) is 10.8. The van der Waals surface area contributed by atoms with E-state index in [4.69, 9.17) is 10.5 Å². The van der Waals surface area contributed by atoms with Gasteiger partial charge < -0.3 is 10.5 Å². The summed E-state index contributed by atoms with van der Waals surface area (Å²) in [6.45, 7) is 5.42. The molecule has 0 spiro atoms. The molecule has 0 unspecified atom stereocenters. The Morgan fingerprint density at radius 3 is 2.50 bits per heavy atom. The number of ether oxygens (including phenoxy) is 1. The van der Waals surface area contributed by atoms with E-state index in [0.29, 0.717) is 5.56 Å². The van der Waals surface area contributed by atoms with E-state index in [1.54, 1.807) is 30.3 Å². The smallest absolute Gasteiger partial charge is 0.338 e. The molecule has 0 saturated carbocycles. The van der Waals surface area contributed by atoms with Crippen LogP contribution in [0.15, 0.2) is 30.3 Å². The molecule has 0 saturated heterocycles. The number of primary amides is 1. The third-order valence-electron chi connectivity index (χ3n) is 1.96. The monoisotopic (exact) mass is 247 g/mol. The zero-order chi connectivity index (χ0) is 13.8. The third-order valence-corrected chi connectivity index (χ3v) is 1.96. The predicted octanol–water partition coefficient (Wildman–Crippen LogP) is 2.14. The maximum absolute atomic E-state index is 11.8. The lowest BCUT2D eigenvalue weighted by molar-refractivity contribution is -0.113. The fraction of sp³-hybridized carbons (Fsp3) is 0.286. The van der Waals surface area contributed by atoms with Gasteiger partial charge in [-0.05, 0) is 44.5 Å². The number of hydrogen-bond donors (Lipinski definition) is 1. The molecule has 0 bridgehead atoms. The molecule has 18 heavy (non-hydrogen) atoms. The van der Waals surface area contributed by atoms with Gasteiger partial charge in [0.25, 0.3) is 0 Å². The Morgan fingerprint density at radius 2 is 1.94 bits per heavy atom. The Bertz CT molecular complexity index is 484. The summed E-state index contributed by atoms with van der Waals surface area (Å²) in [6.07, 6.45) is 2.80. The van der Waals surface area contributed by atoms with E-state index in [2.05, 4.69) is 0 Å². The average molecular weight is 247 g/mol. The summed E-state index contributed by atoms with van der Waals surface area (Å²) >= 11 is 0. The standard InChI is InChI=1S/C14H17NO3/c1-14(2,3)18-13(17)11-6-4-5-10(9-11)7-8-12(15)16/h4-9H,1-3H3,(H2,15,16). The fourth-order valence-corrected chi connectivity index (χ4v) is 1.28. The van der Waals surface area contributed by atoms with Crippen molar-refractivity contribution in [3.63, 3.8) is 0 Å². The van der Waals surface area contributed by atoms with Crippen molar-refractivity contribution < 1.29 is 14.3 Å². The van der Waals surface area contributed by atoms with Crippen LogP contribution in [0.1, 0.15) is 36.7 Å². The van der Waals surface area contributed by atoms with Crippen molar-refractivity contribution in [1.82, 2.24) is 0 Å². The summed E-state index contributed by atoms with van der Waals surface area (Å²) in [5.74, 6) is -0.922. The number of carbonyl (C=O) groups is 2. The molecule has 1 aromatic rings. The Hall–Kier alpha value is -2.10. The van der Waals surface area contributed by atoms with Gasteiger partial charge in [0.1, 0.15) is 5.60 Å². The normalized spacial score (nSPS) is 11.5. The van der Waals surface area contributed by atoms with Gasteiger partial charge in [0, 0.05) is 6.08 Å². The van der Waals surface area contributed by atoms with E-state index in [1.165, 1.54) is 6.08 Å². The number of carbonyl (C=O) groups excluding carboxylic acids is 2. The van der Waals surface area contributed by atoms with Crippen molar-refractivity contribution in [3.05, 3.63) is 41.5 Å². The summed E-state index contributed by atoms with van der Waals surface area (Å²) in [5.41, 5.74) is 5.63. The molecule has 96 valence electrons. The second-order valence-corrected chi connectivity index (χ2v) is 4.86. The summed E-state index contributed by atoms with van der Waals surface area (Å²) in [6, 6.07) is 6.80. The zero-order valence-corrected chi connectivity index (χ0v) is 10.8. The molecule has 0 aromatic heterocycles. The van der Waals surface area contributed by atoms with Crippen LogP contribution < -0.4 is 5.73 Å². The van der Waals surface area contributed by atoms with Crippen LogP contribution in [-0.2, 0) is 9.53 Å². The van der Waals surface area contributed by atoms with Crippen LogP contribution in [0.25, 0.3) is 6.08 Å². The predicted molar refractivity (Wildman–Crippen MR) is 69.8 cm³/mol. The van der Waals surface area contributed by atoms with Crippen LogP contribution in [0.2, 0.25) is 0 Å². The van der Waals surface area contributed by atoms with Gasteiger partial charge >= 0.3 is 5.97 Å². The number of esters is 1. The quantitative estimate of drug-likeness (QED) is 0.657. The van der Waals surface area contributed by atoms with E-state index in [9.17, 15) is 9.59 Å². The number of benzene rings is 1. The van der Waals surface area contributed by atoms with Crippen molar-refractivity contribution in [2.75, 3.05) is 0 Å². The highest BCUT2D eigenvalue weighted by molar-refractivity contribution is 5.92. The van der Waals surface area contributed by atoms with E-state index < -0.39 is 17.5 Å². The fourth-order valence-electron chi connectivity index (χ4n) is 1.28. The van der Waals surface area contributed by atoms with Crippen LogP contribution in [0.5, 0.6) is 0 Å². The summed E-state index contributed by atoms with van der Waals surface area (Å²) < 4.78 is 5.25. The SMILES string of the molecule is CC(C)(C)OC(=O)c1cccc(C=CC(N)=O)c1.